The molecule has 0 amide bonds. The fourth-order valence-corrected chi connectivity index (χ4v) is 7.02. The summed E-state index contributed by atoms with van der Waals surface area (Å²) in [7, 11) is -1.94. The average Bonchev–Trinajstić information content (AvgIpc) is 3.27. The van der Waals surface area contributed by atoms with Crippen molar-refractivity contribution in [2.75, 3.05) is 38.2 Å². The van der Waals surface area contributed by atoms with Crippen molar-refractivity contribution in [3.63, 3.8) is 0 Å². The Hall–Kier alpha value is -2.56. The Morgan fingerprint density at radius 1 is 1.12 bits per heavy atom. The van der Waals surface area contributed by atoms with E-state index in [9.17, 15) is 12.8 Å². The van der Waals surface area contributed by atoms with Crippen LogP contribution in [0, 0.1) is 18.2 Å². The molecule has 1 aromatic heterocycles. The first-order valence-corrected chi connectivity index (χ1v) is 13.5. The van der Waals surface area contributed by atoms with Crippen LogP contribution in [-0.2, 0) is 16.4 Å². The highest BCUT2D eigenvalue weighted by Crippen LogP contribution is 2.44. The van der Waals surface area contributed by atoms with Gasteiger partial charge in [0.05, 0.1) is 12.0 Å². The smallest absolute Gasteiger partial charge is 0.243 e. The predicted molar refractivity (Wildman–Crippen MR) is 129 cm³/mol. The van der Waals surface area contributed by atoms with Crippen LogP contribution in [0.25, 0.3) is 0 Å². The molecule has 2 aliphatic heterocycles. The van der Waals surface area contributed by atoms with Gasteiger partial charge in [-0.15, -0.1) is 0 Å². The molecule has 2 aromatic carbocycles. The van der Waals surface area contributed by atoms with Gasteiger partial charge >= 0.3 is 0 Å². The van der Waals surface area contributed by atoms with Crippen molar-refractivity contribution in [2.24, 2.45) is 5.41 Å². The van der Waals surface area contributed by atoms with Gasteiger partial charge in [0.25, 0.3) is 0 Å². The van der Waals surface area contributed by atoms with Gasteiger partial charge in [-0.1, -0.05) is 12.1 Å². The van der Waals surface area contributed by atoms with Crippen LogP contribution in [0.3, 0.4) is 0 Å². The monoisotopic (exact) mass is 502 g/mol. The first-order chi connectivity index (χ1) is 16.3. The molecule has 2 aliphatic rings. The summed E-state index contributed by atoms with van der Waals surface area (Å²) >= 11 is 1.38. The first kappa shape index (κ1) is 23.2. The molecule has 0 saturated carbocycles. The highest BCUT2D eigenvalue weighted by Gasteiger charge is 2.47. The number of hydrogen-bond acceptors (Lipinski definition) is 7. The molecule has 2 saturated heterocycles. The van der Waals surface area contributed by atoms with Crippen LogP contribution >= 0.6 is 11.5 Å². The van der Waals surface area contributed by atoms with Gasteiger partial charge in [0.2, 0.25) is 15.2 Å². The number of methoxy groups -OCH3 is 1. The molecule has 7 nitrogen and oxygen atoms in total. The maximum atomic E-state index is 13.2. The molecule has 10 heteroatoms. The van der Waals surface area contributed by atoms with E-state index in [1.807, 2.05) is 6.92 Å². The fraction of sp³-hybridized carbons (Fsp3) is 0.417. The standard InChI is InChI=1S/C24H27FN4O3S2/c1-17-13-20(7-8-21(17)32-2)34(30,31)29-11-9-24(10-12-29)15-28(16-24)23-26-22(27-33-23)14-18-3-5-19(25)6-4-18/h3-8,13H,9-12,14-16H2,1-2H3. The van der Waals surface area contributed by atoms with E-state index in [-0.39, 0.29) is 11.2 Å². The highest BCUT2D eigenvalue weighted by atomic mass is 32.2. The van der Waals surface area contributed by atoms with Crippen LogP contribution in [0.2, 0.25) is 0 Å². The van der Waals surface area contributed by atoms with Gasteiger partial charge in [-0.05, 0) is 61.2 Å². The Morgan fingerprint density at radius 3 is 2.47 bits per heavy atom. The Labute approximate surface area is 203 Å². The fourth-order valence-electron chi connectivity index (χ4n) is 4.81. The van der Waals surface area contributed by atoms with Gasteiger partial charge < -0.3 is 9.64 Å². The van der Waals surface area contributed by atoms with E-state index >= 15 is 0 Å². The normalized spacial score (nSPS) is 18.1. The lowest BCUT2D eigenvalue weighted by Crippen LogP contribution is -2.61. The molecule has 0 aliphatic carbocycles. The van der Waals surface area contributed by atoms with Crippen LogP contribution in [-0.4, -0.2) is 55.4 Å². The number of piperidine rings is 1. The predicted octanol–water partition coefficient (Wildman–Crippen LogP) is 3.88. The molecule has 180 valence electrons. The van der Waals surface area contributed by atoms with E-state index in [0.29, 0.717) is 30.2 Å². The van der Waals surface area contributed by atoms with E-state index in [0.717, 1.165) is 48.0 Å². The number of aromatic nitrogens is 2. The van der Waals surface area contributed by atoms with Crippen molar-refractivity contribution >= 4 is 26.7 Å². The van der Waals surface area contributed by atoms with Crippen molar-refractivity contribution in [3.05, 3.63) is 65.2 Å². The summed E-state index contributed by atoms with van der Waals surface area (Å²) in [4.78, 5) is 7.21. The van der Waals surface area contributed by atoms with Gasteiger partial charge in [-0.2, -0.15) is 8.68 Å². The number of ether oxygens (including phenoxy) is 1. The van der Waals surface area contributed by atoms with E-state index in [1.165, 1.54) is 23.7 Å². The second-order valence-electron chi connectivity index (χ2n) is 9.19. The Morgan fingerprint density at radius 2 is 1.82 bits per heavy atom. The van der Waals surface area contributed by atoms with Gasteiger partial charge in [0, 0.05) is 49.5 Å². The third kappa shape index (κ3) is 4.42. The van der Waals surface area contributed by atoms with E-state index in [4.69, 9.17) is 4.74 Å². The average molecular weight is 503 g/mol. The van der Waals surface area contributed by atoms with Crippen LogP contribution in [0.15, 0.2) is 47.4 Å². The molecular weight excluding hydrogens is 475 g/mol. The van der Waals surface area contributed by atoms with Gasteiger partial charge in [0.1, 0.15) is 17.4 Å². The number of rotatable bonds is 6. The molecule has 1 spiro atoms. The van der Waals surface area contributed by atoms with Crippen molar-refractivity contribution in [1.29, 1.82) is 0 Å². The molecule has 0 unspecified atom stereocenters. The number of halogens is 1. The molecular formula is C24H27FN4O3S2. The van der Waals surface area contributed by atoms with Crippen LogP contribution in [0.4, 0.5) is 9.52 Å². The molecule has 2 fully saturated rings. The zero-order valence-electron chi connectivity index (χ0n) is 19.2. The minimum atomic E-state index is -3.52. The lowest BCUT2D eigenvalue weighted by molar-refractivity contribution is 0.114. The van der Waals surface area contributed by atoms with E-state index in [2.05, 4.69) is 14.3 Å². The largest absolute Gasteiger partial charge is 0.496 e. The number of sulfonamides is 1. The number of benzene rings is 2. The summed E-state index contributed by atoms with van der Waals surface area (Å²) in [5, 5.41) is 0.895. The molecule has 0 bridgehead atoms. The second-order valence-corrected chi connectivity index (χ2v) is 11.9. The lowest BCUT2D eigenvalue weighted by atomic mass is 9.73. The molecule has 3 heterocycles. The molecule has 3 aromatic rings. The summed E-state index contributed by atoms with van der Waals surface area (Å²) in [5.41, 5.74) is 1.92. The quantitative estimate of drug-likeness (QED) is 0.509. The Kier molecular flexibility index (Phi) is 6.07. The maximum Gasteiger partial charge on any atom is 0.243 e. The van der Waals surface area contributed by atoms with Gasteiger partial charge in [0.15, 0.2) is 0 Å². The van der Waals surface area contributed by atoms with Crippen molar-refractivity contribution in [3.8, 4) is 5.75 Å². The van der Waals surface area contributed by atoms with Crippen molar-refractivity contribution < 1.29 is 17.5 Å². The summed E-state index contributed by atoms with van der Waals surface area (Å²) in [5.74, 6) is 1.17. The molecule has 0 radical (unpaired) electrons. The Bertz CT molecular complexity index is 1280. The zero-order chi connectivity index (χ0) is 23.9. The van der Waals surface area contributed by atoms with Crippen molar-refractivity contribution in [1.82, 2.24) is 13.7 Å². The zero-order valence-corrected chi connectivity index (χ0v) is 20.8. The van der Waals surface area contributed by atoms with E-state index in [1.54, 1.807) is 41.7 Å². The number of aryl methyl sites for hydroxylation is 1. The number of nitrogens with zero attached hydrogens (tertiary/aromatic N) is 4. The van der Waals surface area contributed by atoms with Gasteiger partial charge in [-0.25, -0.2) is 17.8 Å². The van der Waals surface area contributed by atoms with Gasteiger partial charge in [-0.3, -0.25) is 0 Å². The van der Waals surface area contributed by atoms with Crippen LogP contribution in [0.5, 0.6) is 5.75 Å². The lowest BCUT2D eigenvalue weighted by Gasteiger charge is -2.53. The summed E-state index contributed by atoms with van der Waals surface area (Å²) in [6, 6.07) is 11.4. The SMILES string of the molecule is COc1ccc(S(=O)(=O)N2CCC3(CC2)CN(c2nc(Cc4ccc(F)cc4)ns2)C3)cc1C. The molecule has 0 atom stereocenters. The minimum Gasteiger partial charge on any atom is -0.496 e. The summed E-state index contributed by atoms with van der Waals surface area (Å²) in [6.45, 7) is 4.63. The second kappa shape index (κ2) is 8.90. The summed E-state index contributed by atoms with van der Waals surface area (Å²) < 4.78 is 50.7. The number of anilines is 1. The maximum absolute atomic E-state index is 13.2. The van der Waals surface area contributed by atoms with Crippen LogP contribution in [0.1, 0.15) is 29.8 Å². The summed E-state index contributed by atoms with van der Waals surface area (Å²) in [6.07, 6.45) is 2.24. The molecule has 0 N–H and O–H groups in total. The number of hydrogen-bond donors (Lipinski definition) is 0. The first-order valence-electron chi connectivity index (χ1n) is 11.2. The minimum absolute atomic E-state index is 0.130. The Balaban J connectivity index is 1.18. The van der Waals surface area contributed by atoms with E-state index < -0.39 is 10.0 Å². The third-order valence-corrected chi connectivity index (χ3v) is 9.55. The molecule has 5 rings (SSSR count). The van der Waals surface area contributed by atoms with Crippen LogP contribution < -0.4 is 9.64 Å². The highest BCUT2D eigenvalue weighted by molar-refractivity contribution is 7.89. The van der Waals surface area contributed by atoms with Crippen molar-refractivity contribution in [2.45, 2.75) is 31.1 Å². The molecule has 34 heavy (non-hydrogen) atoms. The third-order valence-electron chi connectivity index (χ3n) is 6.84. The topological polar surface area (TPSA) is 75.6 Å².